The Morgan fingerprint density at radius 2 is 1.70 bits per heavy atom. The third kappa shape index (κ3) is 3.78. The first-order valence-corrected chi connectivity index (χ1v) is 9.01. The molecule has 136 valence electrons. The topological polar surface area (TPSA) is 64.4 Å². The number of hydrogen-bond donors (Lipinski definition) is 0. The SMILES string of the molecule is COc1cc(C(=CC#N)c2csc(-c3ccccc3)n2)cc(OC)c1OC. The molecular formula is C21H18N2O3S. The van der Waals surface area contributed by atoms with E-state index in [0.717, 1.165) is 21.8 Å². The summed E-state index contributed by atoms with van der Waals surface area (Å²) >= 11 is 1.53. The molecule has 0 aliphatic carbocycles. The maximum atomic E-state index is 9.30. The van der Waals surface area contributed by atoms with Crippen molar-refractivity contribution in [2.45, 2.75) is 0 Å². The number of benzene rings is 2. The molecule has 27 heavy (non-hydrogen) atoms. The minimum atomic E-state index is 0.503. The summed E-state index contributed by atoms with van der Waals surface area (Å²) in [7, 11) is 4.68. The molecule has 0 atom stereocenters. The first kappa shape index (κ1) is 18.5. The number of nitriles is 1. The predicted molar refractivity (Wildman–Crippen MR) is 106 cm³/mol. The van der Waals surface area contributed by atoms with Gasteiger partial charge in [0.2, 0.25) is 5.75 Å². The maximum absolute atomic E-state index is 9.30. The van der Waals surface area contributed by atoms with Crippen molar-refractivity contribution in [2.24, 2.45) is 0 Å². The Bertz CT molecular complexity index is 979. The van der Waals surface area contributed by atoms with Crippen LogP contribution in [-0.4, -0.2) is 26.3 Å². The van der Waals surface area contributed by atoms with Crippen LogP contribution in [0, 0.1) is 11.3 Å². The van der Waals surface area contributed by atoms with Gasteiger partial charge in [0.15, 0.2) is 11.5 Å². The molecule has 0 saturated heterocycles. The van der Waals surface area contributed by atoms with Crippen LogP contribution < -0.4 is 14.2 Å². The van der Waals surface area contributed by atoms with Crippen LogP contribution in [0.2, 0.25) is 0 Å². The van der Waals surface area contributed by atoms with Crippen molar-refractivity contribution in [1.29, 1.82) is 5.26 Å². The lowest BCUT2D eigenvalue weighted by Gasteiger charge is -2.14. The fourth-order valence-electron chi connectivity index (χ4n) is 2.72. The predicted octanol–water partition coefficient (Wildman–Crippen LogP) is 4.79. The van der Waals surface area contributed by atoms with Crippen molar-refractivity contribution in [3.63, 3.8) is 0 Å². The van der Waals surface area contributed by atoms with Crippen molar-refractivity contribution in [1.82, 2.24) is 4.98 Å². The lowest BCUT2D eigenvalue weighted by molar-refractivity contribution is 0.324. The average molecular weight is 378 g/mol. The van der Waals surface area contributed by atoms with Crippen LogP contribution in [0.3, 0.4) is 0 Å². The largest absolute Gasteiger partial charge is 0.493 e. The van der Waals surface area contributed by atoms with E-state index in [-0.39, 0.29) is 0 Å². The van der Waals surface area contributed by atoms with Gasteiger partial charge in [-0.15, -0.1) is 11.3 Å². The molecule has 2 aromatic carbocycles. The highest BCUT2D eigenvalue weighted by Gasteiger charge is 2.18. The van der Waals surface area contributed by atoms with Crippen molar-refractivity contribution >= 4 is 16.9 Å². The molecule has 3 aromatic rings. The van der Waals surface area contributed by atoms with Crippen LogP contribution in [0.15, 0.2) is 53.9 Å². The molecular weight excluding hydrogens is 360 g/mol. The summed E-state index contributed by atoms with van der Waals surface area (Å²) in [6.45, 7) is 0. The van der Waals surface area contributed by atoms with Crippen LogP contribution in [0.1, 0.15) is 11.3 Å². The van der Waals surface area contributed by atoms with E-state index in [1.54, 1.807) is 21.3 Å². The molecule has 0 saturated carbocycles. The Hall–Kier alpha value is -3.30. The minimum Gasteiger partial charge on any atom is -0.493 e. The monoisotopic (exact) mass is 378 g/mol. The van der Waals surface area contributed by atoms with E-state index in [1.165, 1.54) is 17.4 Å². The zero-order valence-corrected chi connectivity index (χ0v) is 16.0. The Labute approximate surface area is 162 Å². The van der Waals surface area contributed by atoms with Crippen molar-refractivity contribution in [2.75, 3.05) is 21.3 Å². The van der Waals surface area contributed by atoms with Gasteiger partial charge in [0, 0.05) is 22.6 Å². The number of aromatic nitrogens is 1. The second-order valence-electron chi connectivity index (χ2n) is 5.51. The van der Waals surface area contributed by atoms with Crippen LogP contribution in [0.4, 0.5) is 0 Å². The molecule has 0 bridgehead atoms. The fourth-order valence-corrected chi connectivity index (χ4v) is 3.54. The summed E-state index contributed by atoms with van der Waals surface area (Å²) in [5, 5.41) is 12.1. The zero-order chi connectivity index (χ0) is 19.2. The Kier molecular flexibility index (Phi) is 5.74. The summed E-state index contributed by atoms with van der Waals surface area (Å²) in [4.78, 5) is 4.72. The molecule has 0 unspecified atom stereocenters. The van der Waals surface area contributed by atoms with E-state index >= 15 is 0 Å². The Morgan fingerprint density at radius 3 is 2.26 bits per heavy atom. The molecule has 0 fully saturated rings. The van der Waals surface area contributed by atoms with E-state index < -0.39 is 0 Å². The summed E-state index contributed by atoms with van der Waals surface area (Å²) in [6, 6.07) is 15.7. The standard InChI is InChI=1S/C21H18N2O3S/c1-24-18-11-15(12-19(25-2)20(18)26-3)16(9-10-22)17-13-27-21(23-17)14-7-5-4-6-8-14/h4-9,11-13H,1-3H3. The van der Waals surface area contributed by atoms with E-state index in [1.807, 2.05) is 47.8 Å². The lowest BCUT2D eigenvalue weighted by Crippen LogP contribution is -1.98. The van der Waals surface area contributed by atoms with Gasteiger partial charge in [-0.25, -0.2) is 4.98 Å². The molecule has 6 heteroatoms. The van der Waals surface area contributed by atoms with Gasteiger partial charge < -0.3 is 14.2 Å². The number of nitrogens with zero attached hydrogens (tertiary/aromatic N) is 2. The van der Waals surface area contributed by atoms with E-state index in [2.05, 4.69) is 6.07 Å². The summed E-state index contributed by atoms with van der Waals surface area (Å²) in [5.41, 5.74) is 3.20. The van der Waals surface area contributed by atoms with Gasteiger partial charge >= 0.3 is 0 Å². The van der Waals surface area contributed by atoms with E-state index in [9.17, 15) is 5.26 Å². The highest BCUT2D eigenvalue weighted by molar-refractivity contribution is 7.13. The second-order valence-corrected chi connectivity index (χ2v) is 6.36. The molecule has 0 amide bonds. The highest BCUT2D eigenvalue weighted by Crippen LogP contribution is 2.41. The molecule has 1 heterocycles. The third-order valence-corrected chi connectivity index (χ3v) is 4.88. The van der Waals surface area contributed by atoms with Crippen molar-refractivity contribution in [3.8, 4) is 33.9 Å². The van der Waals surface area contributed by atoms with Crippen LogP contribution in [0.25, 0.3) is 16.1 Å². The molecule has 0 spiro atoms. The summed E-state index contributed by atoms with van der Waals surface area (Å²) in [5.74, 6) is 1.55. The van der Waals surface area contributed by atoms with Crippen LogP contribution in [-0.2, 0) is 0 Å². The summed E-state index contributed by atoms with van der Waals surface area (Å²) < 4.78 is 16.2. The van der Waals surface area contributed by atoms with Gasteiger partial charge in [0.1, 0.15) is 5.01 Å². The molecule has 0 radical (unpaired) electrons. The van der Waals surface area contributed by atoms with Gasteiger partial charge in [0.05, 0.1) is 33.1 Å². The van der Waals surface area contributed by atoms with Gasteiger partial charge in [0.25, 0.3) is 0 Å². The van der Waals surface area contributed by atoms with Gasteiger partial charge in [-0.05, 0) is 17.7 Å². The van der Waals surface area contributed by atoms with Crippen LogP contribution >= 0.6 is 11.3 Å². The Balaban J connectivity index is 2.09. The maximum Gasteiger partial charge on any atom is 0.203 e. The normalized spacial score (nSPS) is 11.0. The van der Waals surface area contributed by atoms with Crippen LogP contribution in [0.5, 0.6) is 17.2 Å². The smallest absolute Gasteiger partial charge is 0.203 e. The number of hydrogen-bond acceptors (Lipinski definition) is 6. The molecule has 5 nitrogen and oxygen atoms in total. The van der Waals surface area contributed by atoms with Crippen molar-refractivity contribution < 1.29 is 14.2 Å². The number of methoxy groups -OCH3 is 3. The van der Waals surface area contributed by atoms with Gasteiger partial charge in [-0.3, -0.25) is 0 Å². The highest BCUT2D eigenvalue weighted by atomic mass is 32.1. The average Bonchev–Trinajstić information content (AvgIpc) is 3.21. The molecule has 0 aliphatic rings. The van der Waals surface area contributed by atoms with E-state index in [0.29, 0.717) is 22.8 Å². The Morgan fingerprint density at radius 1 is 1.04 bits per heavy atom. The fraction of sp³-hybridized carbons (Fsp3) is 0.143. The first-order chi connectivity index (χ1) is 13.2. The number of ether oxygens (including phenoxy) is 3. The number of rotatable bonds is 6. The van der Waals surface area contributed by atoms with Gasteiger partial charge in [-0.1, -0.05) is 30.3 Å². The third-order valence-electron chi connectivity index (χ3n) is 3.99. The first-order valence-electron chi connectivity index (χ1n) is 8.13. The molecule has 0 aliphatic heterocycles. The molecule has 0 N–H and O–H groups in total. The molecule has 1 aromatic heterocycles. The zero-order valence-electron chi connectivity index (χ0n) is 15.2. The lowest BCUT2D eigenvalue weighted by atomic mass is 10.0. The van der Waals surface area contributed by atoms with Crippen molar-refractivity contribution in [3.05, 3.63) is 65.2 Å². The minimum absolute atomic E-state index is 0.503. The number of allylic oxidation sites excluding steroid dienone is 1. The summed E-state index contributed by atoms with van der Waals surface area (Å²) in [6.07, 6.45) is 1.48. The quantitative estimate of drug-likeness (QED) is 0.577. The van der Waals surface area contributed by atoms with E-state index in [4.69, 9.17) is 19.2 Å². The second kappa shape index (κ2) is 8.39. The van der Waals surface area contributed by atoms with Gasteiger partial charge in [-0.2, -0.15) is 5.26 Å². The number of thiazole rings is 1. The molecule has 3 rings (SSSR count).